The van der Waals surface area contributed by atoms with Crippen LogP contribution in [0.2, 0.25) is 0 Å². The van der Waals surface area contributed by atoms with Crippen LogP contribution in [0.3, 0.4) is 0 Å². The zero-order chi connectivity index (χ0) is 44.0. The summed E-state index contributed by atoms with van der Waals surface area (Å²) in [5.41, 5.74) is 1.01. The van der Waals surface area contributed by atoms with Crippen LogP contribution in [0.4, 0.5) is 0 Å². The highest BCUT2D eigenvalue weighted by atomic mass is 17.0. The van der Waals surface area contributed by atoms with Crippen LogP contribution in [0.25, 0.3) is 0 Å². The molecule has 0 saturated heterocycles. The molecule has 1 amide bonds. The number of nitrogens with zero attached hydrogens (tertiary/aromatic N) is 3. The van der Waals surface area contributed by atoms with Crippen LogP contribution in [0.5, 0.6) is 0 Å². The number of amides is 1. The fourth-order valence-electron chi connectivity index (χ4n) is 6.57. The van der Waals surface area contributed by atoms with Crippen LogP contribution >= 0.6 is 0 Å². The molecule has 1 aliphatic carbocycles. The number of hydrogen-bond donors (Lipinski definition) is 1. The standard InChI is InChI=1S/C40H58N4O16/c1-2-41-37(45)19-9-4-3-8-18-33-34(26-25-32(24-23-31-16-6-5-7-17-31)58-38(46)20-10-13-27-55-42(49)50)36(60-40(48)22-12-15-29-57-44(53)54)30-35(33)59-39(47)21-11-14-28-56-43(51)52/h3,5-8,16-17,25-26,32-36H,2,4,9-15,18-24,27-30H2,1H3,(H,41,45)/b8-3-,26-25+/t32-,33+,34+,35-,36+/m0/s1. The zero-order valence-corrected chi connectivity index (χ0v) is 34.1. The number of benzene rings is 1. The molecule has 0 unspecified atom stereocenters. The number of rotatable bonds is 33. The van der Waals surface area contributed by atoms with Gasteiger partial charge in [-0.2, -0.15) is 0 Å². The van der Waals surface area contributed by atoms with Gasteiger partial charge in [-0.3, -0.25) is 19.2 Å². The van der Waals surface area contributed by atoms with E-state index in [-0.39, 0.29) is 83.5 Å². The number of carbonyl (C=O) groups is 4. The quantitative estimate of drug-likeness (QED) is 0.0214. The van der Waals surface area contributed by atoms with E-state index in [1.54, 1.807) is 6.08 Å². The molecule has 0 spiro atoms. The third kappa shape index (κ3) is 23.6. The molecule has 1 aliphatic rings. The fourth-order valence-corrected chi connectivity index (χ4v) is 6.57. The largest absolute Gasteiger partial charge is 0.462 e. The lowest BCUT2D eigenvalue weighted by atomic mass is 9.89. The van der Waals surface area contributed by atoms with Crippen molar-refractivity contribution in [2.75, 3.05) is 26.4 Å². The second kappa shape index (κ2) is 30.3. The van der Waals surface area contributed by atoms with Gasteiger partial charge in [0.05, 0.1) is 19.8 Å². The van der Waals surface area contributed by atoms with Gasteiger partial charge < -0.3 is 34.0 Å². The van der Waals surface area contributed by atoms with Crippen LogP contribution in [0, 0.1) is 42.2 Å². The fraction of sp³-hybridized carbons (Fsp3) is 0.650. The number of unbranched alkanes of at least 4 members (excludes halogenated alkanes) is 4. The van der Waals surface area contributed by atoms with Crippen LogP contribution in [0.1, 0.15) is 109 Å². The summed E-state index contributed by atoms with van der Waals surface area (Å²) in [5, 5.41) is 31.5. The number of allylic oxidation sites excluding steroid dienone is 2. The molecule has 0 heterocycles. The smallest absolute Gasteiger partial charge is 0.306 e. The third-order valence-corrected chi connectivity index (χ3v) is 9.46. The maximum Gasteiger partial charge on any atom is 0.306 e. The summed E-state index contributed by atoms with van der Waals surface area (Å²) in [6.07, 6.45) is 9.72. The van der Waals surface area contributed by atoms with Gasteiger partial charge in [-0.15, -0.1) is 30.3 Å². The zero-order valence-electron chi connectivity index (χ0n) is 34.1. The van der Waals surface area contributed by atoms with Gasteiger partial charge in [-0.1, -0.05) is 48.6 Å². The number of carbonyl (C=O) groups excluding carboxylic acids is 4. The highest BCUT2D eigenvalue weighted by Gasteiger charge is 2.45. The van der Waals surface area contributed by atoms with Gasteiger partial charge in [-0.05, 0) is 89.2 Å². The van der Waals surface area contributed by atoms with Crippen LogP contribution in [0.15, 0.2) is 54.6 Å². The summed E-state index contributed by atoms with van der Waals surface area (Å²) in [5.74, 6) is -2.63. The molecule has 334 valence electrons. The normalized spacial score (nSPS) is 17.8. The van der Waals surface area contributed by atoms with E-state index in [0.717, 1.165) is 5.56 Å². The lowest BCUT2D eigenvalue weighted by Gasteiger charge is -2.24. The molecule has 1 aromatic carbocycles. The first-order valence-electron chi connectivity index (χ1n) is 20.4. The second-order valence-electron chi connectivity index (χ2n) is 14.1. The van der Waals surface area contributed by atoms with E-state index in [0.29, 0.717) is 51.5 Å². The minimum atomic E-state index is -0.910. The molecule has 0 aliphatic heterocycles. The molecule has 1 saturated carbocycles. The molecule has 20 heteroatoms. The van der Waals surface area contributed by atoms with Gasteiger partial charge in [-0.25, -0.2) is 0 Å². The number of esters is 3. The number of hydrogen-bond acceptors (Lipinski definition) is 16. The van der Waals surface area contributed by atoms with Crippen molar-refractivity contribution < 1.29 is 63.2 Å². The van der Waals surface area contributed by atoms with Gasteiger partial charge in [0, 0.05) is 50.5 Å². The van der Waals surface area contributed by atoms with Gasteiger partial charge in [0.15, 0.2) is 0 Å². The highest BCUT2D eigenvalue weighted by molar-refractivity contribution is 5.75. The Hall–Kier alpha value is -5.82. The maximum atomic E-state index is 13.1. The predicted octanol–water partition coefficient (Wildman–Crippen LogP) is 5.94. The topological polar surface area (TPSA) is 265 Å². The average molecular weight is 851 g/mol. The van der Waals surface area contributed by atoms with Crippen molar-refractivity contribution in [1.82, 2.24) is 5.32 Å². The first-order valence-corrected chi connectivity index (χ1v) is 20.4. The second-order valence-corrected chi connectivity index (χ2v) is 14.1. The van der Waals surface area contributed by atoms with E-state index < -0.39 is 63.3 Å². The van der Waals surface area contributed by atoms with Crippen LogP contribution in [-0.2, 0) is 54.3 Å². The molecule has 0 bridgehead atoms. The van der Waals surface area contributed by atoms with E-state index in [1.807, 2.05) is 55.5 Å². The van der Waals surface area contributed by atoms with E-state index >= 15 is 0 Å². The number of aryl methyl sites for hydroxylation is 1. The Morgan fingerprint density at radius 3 is 1.83 bits per heavy atom. The van der Waals surface area contributed by atoms with E-state index in [9.17, 15) is 49.5 Å². The minimum Gasteiger partial charge on any atom is -0.462 e. The molecule has 60 heavy (non-hydrogen) atoms. The SMILES string of the molecule is CCNC(=O)CCC/C=C\C[C@@H]1[C@@H](/C=C/[C@H](CCc2ccccc2)OC(=O)CCCCO[N+](=O)[O-])[C@H](OC(=O)CCCCO[N+](=O)[O-])C[C@@H]1OC(=O)CCCCO[N+](=O)[O-]. The van der Waals surface area contributed by atoms with Gasteiger partial charge in [0.2, 0.25) is 5.91 Å². The summed E-state index contributed by atoms with van der Waals surface area (Å²) in [6, 6.07) is 9.57. The van der Waals surface area contributed by atoms with Crippen molar-refractivity contribution in [3.05, 3.63) is 90.5 Å². The Labute approximate surface area is 348 Å². The third-order valence-electron chi connectivity index (χ3n) is 9.46. The number of nitrogens with one attached hydrogen (secondary N) is 1. The average Bonchev–Trinajstić information content (AvgIpc) is 3.50. The van der Waals surface area contributed by atoms with Gasteiger partial charge in [0.1, 0.15) is 18.3 Å². The van der Waals surface area contributed by atoms with E-state index in [1.165, 1.54) is 0 Å². The number of ether oxygens (including phenoxy) is 3. The van der Waals surface area contributed by atoms with Crippen molar-refractivity contribution in [1.29, 1.82) is 0 Å². The summed E-state index contributed by atoms with van der Waals surface area (Å²) >= 11 is 0. The van der Waals surface area contributed by atoms with E-state index in [4.69, 9.17) is 14.2 Å². The Bertz CT molecular complexity index is 1540. The molecule has 1 aromatic rings. The molecule has 1 N–H and O–H groups in total. The molecular formula is C40H58N4O16. The predicted molar refractivity (Wildman–Crippen MR) is 212 cm³/mol. The van der Waals surface area contributed by atoms with Crippen molar-refractivity contribution in [3.63, 3.8) is 0 Å². The summed E-state index contributed by atoms with van der Waals surface area (Å²) in [7, 11) is 0. The molecule has 1 fully saturated rings. The molecule has 0 radical (unpaired) electrons. The first-order chi connectivity index (χ1) is 28.9. The van der Waals surface area contributed by atoms with Gasteiger partial charge in [0.25, 0.3) is 15.3 Å². The van der Waals surface area contributed by atoms with Crippen molar-refractivity contribution in [2.24, 2.45) is 11.8 Å². The maximum absolute atomic E-state index is 13.1. The Balaban J connectivity index is 2.36. The molecule has 5 atom stereocenters. The summed E-state index contributed by atoms with van der Waals surface area (Å²) < 4.78 is 17.8. The Morgan fingerprint density at radius 1 is 0.733 bits per heavy atom. The van der Waals surface area contributed by atoms with Crippen LogP contribution in [-0.4, -0.2) is 83.8 Å². The molecule has 0 aromatic heterocycles. The van der Waals surface area contributed by atoms with Crippen molar-refractivity contribution in [2.45, 2.75) is 128 Å². The molecular weight excluding hydrogens is 792 g/mol. The first kappa shape index (κ1) is 50.3. The Kier molecular flexibility index (Phi) is 25.4. The molecule has 20 nitrogen and oxygen atoms in total. The van der Waals surface area contributed by atoms with Crippen molar-refractivity contribution in [3.8, 4) is 0 Å². The lowest BCUT2D eigenvalue weighted by Crippen LogP contribution is -2.26. The monoisotopic (exact) mass is 850 g/mol. The lowest BCUT2D eigenvalue weighted by molar-refractivity contribution is -0.757. The summed E-state index contributed by atoms with van der Waals surface area (Å²) in [4.78, 5) is 95.6. The minimum absolute atomic E-state index is 0.00314. The Morgan fingerprint density at radius 2 is 1.28 bits per heavy atom. The van der Waals surface area contributed by atoms with Crippen molar-refractivity contribution >= 4 is 23.8 Å². The van der Waals surface area contributed by atoms with E-state index in [2.05, 4.69) is 19.8 Å². The highest BCUT2D eigenvalue weighted by Crippen LogP contribution is 2.41. The van der Waals surface area contributed by atoms with Gasteiger partial charge >= 0.3 is 17.9 Å². The molecule has 2 rings (SSSR count). The van der Waals surface area contributed by atoms with Crippen LogP contribution < -0.4 is 5.32 Å². The summed E-state index contributed by atoms with van der Waals surface area (Å²) in [6.45, 7) is 1.87.